The highest BCUT2D eigenvalue weighted by atomic mass is 16.7. The van der Waals surface area contributed by atoms with Crippen LogP contribution in [0.25, 0.3) is 0 Å². The number of nitrogens with one attached hydrogen (secondary N) is 1. The zero-order chi connectivity index (χ0) is 16.7. The molecule has 122 valence electrons. The van der Waals surface area contributed by atoms with Gasteiger partial charge >= 0.3 is 0 Å². The smallest absolute Gasteiger partial charge is 0.255 e. The first kappa shape index (κ1) is 14.4. The molecule has 0 spiro atoms. The van der Waals surface area contributed by atoms with E-state index >= 15 is 0 Å². The van der Waals surface area contributed by atoms with Crippen molar-refractivity contribution in [2.24, 2.45) is 0 Å². The van der Waals surface area contributed by atoms with Gasteiger partial charge in [-0.15, -0.1) is 0 Å². The second kappa shape index (κ2) is 5.45. The average Bonchev–Trinajstić information content (AvgIpc) is 3.21. The van der Waals surface area contributed by atoms with Gasteiger partial charge < -0.3 is 24.3 Å². The summed E-state index contributed by atoms with van der Waals surface area (Å²) in [5.41, 5.74) is 1.12. The number of ether oxygens (including phenoxy) is 4. The van der Waals surface area contributed by atoms with Crippen LogP contribution >= 0.6 is 0 Å². The number of Topliss-reactive ketones (excluding diaryl/α,β-unsaturated/α-hetero) is 1. The molecule has 24 heavy (non-hydrogen) atoms. The number of anilines is 1. The zero-order valence-electron chi connectivity index (χ0n) is 12.8. The summed E-state index contributed by atoms with van der Waals surface area (Å²) in [6.07, 6.45) is 0. The van der Waals surface area contributed by atoms with E-state index in [2.05, 4.69) is 5.32 Å². The lowest BCUT2D eigenvalue weighted by atomic mass is 10.1. The van der Waals surface area contributed by atoms with Crippen LogP contribution in [0, 0.1) is 0 Å². The van der Waals surface area contributed by atoms with Gasteiger partial charge in [-0.25, -0.2) is 0 Å². The minimum Gasteiger partial charge on any atom is -0.454 e. The fourth-order valence-corrected chi connectivity index (χ4v) is 2.57. The van der Waals surface area contributed by atoms with Gasteiger partial charge in [-0.1, -0.05) is 0 Å². The van der Waals surface area contributed by atoms with Crippen molar-refractivity contribution in [1.29, 1.82) is 0 Å². The Hall–Kier alpha value is -3.22. The molecule has 0 fully saturated rings. The van der Waals surface area contributed by atoms with Crippen LogP contribution in [0.15, 0.2) is 30.3 Å². The lowest BCUT2D eigenvalue weighted by Gasteiger charge is -2.11. The molecule has 1 amide bonds. The Morgan fingerprint density at radius 2 is 1.50 bits per heavy atom. The number of carbonyl (C=O) groups excluding carboxylic acids is 2. The molecule has 0 radical (unpaired) electrons. The molecule has 0 atom stereocenters. The largest absolute Gasteiger partial charge is 0.454 e. The maximum absolute atomic E-state index is 12.5. The molecule has 7 nitrogen and oxygen atoms in total. The third-order valence-corrected chi connectivity index (χ3v) is 3.77. The summed E-state index contributed by atoms with van der Waals surface area (Å²) < 4.78 is 21.1. The Morgan fingerprint density at radius 3 is 2.21 bits per heavy atom. The predicted molar refractivity (Wildman–Crippen MR) is 83.1 cm³/mol. The fraction of sp³-hybridized carbons (Fsp3) is 0.176. The summed E-state index contributed by atoms with van der Waals surface area (Å²) >= 11 is 0. The SMILES string of the molecule is CC(=O)c1cc2c(cc1NC(=O)c1ccc3c(c1)OCO3)OCO2. The van der Waals surface area contributed by atoms with Crippen LogP contribution in [0.2, 0.25) is 0 Å². The highest BCUT2D eigenvalue weighted by molar-refractivity contribution is 6.09. The topological polar surface area (TPSA) is 83.1 Å². The second-order valence-electron chi connectivity index (χ2n) is 5.33. The number of amides is 1. The molecule has 4 rings (SSSR count). The maximum atomic E-state index is 12.5. The Bertz CT molecular complexity index is 860. The molecular weight excluding hydrogens is 314 g/mol. The van der Waals surface area contributed by atoms with Gasteiger partial charge in [0.2, 0.25) is 13.6 Å². The van der Waals surface area contributed by atoms with Gasteiger partial charge in [-0.3, -0.25) is 9.59 Å². The van der Waals surface area contributed by atoms with Crippen molar-refractivity contribution in [1.82, 2.24) is 0 Å². The molecule has 1 N–H and O–H groups in total. The van der Waals surface area contributed by atoms with Gasteiger partial charge in [-0.05, 0) is 31.2 Å². The van der Waals surface area contributed by atoms with Gasteiger partial charge in [0, 0.05) is 17.2 Å². The molecule has 7 heteroatoms. The van der Waals surface area contributed by atoms with Gasteiger partial charge in [-0.2, -0.15) is 0 Å². The van der Waals surface area contributed by atoms with Crippen molar-refractivity contribution < 1.29 is 28.5 Å². The van der Waals surface area contributed by atoms with E-state index < -0.39 is 0 Å². The number of hydrogen-bond donors (Lipinski definition) is 1. The van der Waals surface area contributed by atoms with Crippen LogP contribution < -0.4 is 24.3 Å². The quantitative estimate of drug-likeness (QED) is 0.873. The van der Waals surface area contributed by atoms with Crippen molar-refractivity contribution in [3.63, 3.8) is 0 Å². The van der Waals surface area contributed by atoms with E-state index in [-0.39, 0.29) is 25.3 Å². The average molecular weight is 327 g/mol. The lowest BCUT2D eigenvalue weighted by Crippen LogP contribution is -2.14. The van der Waals surface area contributed by atoms with E-state index in [1.54, 1.807) is 30.3 Å². The summed E-state index contributed by atoms with van der Waals surface area (Å²) in [4.78, 5) is 24.4. The summed E-state index contributed by atoms with van der Waals surface area (Å²) in [6.45, 7) is 1.65. The van der Waals surface area contributed by atoms with Crippen LogP contribution in [-0.2, 0) is 0 Å². The minimum atomic E-state index is -0.366. The Labute approximate surface area is 137 Å². The maximum Gasteiger partial charge on any atom is 0.255 e. The normalized spacial score (nSPS) is 13.7. The highest BCUT2D eigenvalue weighted by Gasteiger charge is 2.22. The Morgan fingerprint density at radius 1 is 0.875 bits per heavy atom. The summed E-state index contributed by atoms with van der Waals surface area (Å²) in [7, 11) is 0. The molecule has 2 aliphatic rings. The standard InChI is InChI=1S/C17H13NO6/c1-9(19)11-5-15-16(24-8-23-15)6-12(11)18-17(20)10-2-3-13-14(4-10)22-7-21-13/h2-6H,7-8H2,1H3,(H,18,20). The molecule has 0 aromatic heterocycles. The van der Waals surface area contributed by atoms with Crippen LogP contribution in [0.4, 0.5) is 5.69 Å². The number of rotatable bonds is 3. The third kappa shape index (κ3) is 2.40. The number of benzene rings is 2. The summed E-state index contributed by atoms with van der Waals surface area (Å²) in [5, 5.41) is 2.74. The van der Waals surface area contributed by atoms with E-state index in [4.69, 9.17) is 18.9 Å². The van der Waals surface area contributed by atoms with Crippen LogP contribution in [0.3, 0.4) is 0 Å². The Balaban J connectivity index is 1.65. The Kier molecular flexibility index (Phi) is 3.26. The van der Waals surface area contributed by atoms with Crippen molar-refractivity contribution in [2.45, 2.75) is 6.92 Å². The van der Waals surface area contributed by atoms with Gasteiger partial charge in [0.1, 0.15) is 0 Å². The van der Waals surface area contributed by atoms with Gasteiger partial charge in [0.15, 0.2) is 28.8 Å². The first-order valence-electron chi connectivity index (χ1n) is 7.27. The first-order valence-corrected chi connectivity index (χ1v) is 7.27. The molecule has 0 saturated carbocycles. The molecule has 2 aliphatic heterocycles. The van der Waals surface area contributed by atoms with Crippen molar-refractivity contribution in [2.75, 3.05) is 18.9 Å². The molecule has 2 heterocycles. The first-order chi connectivity index (χ1) is 11.6. The third-order valence-electron chi connectivity index (χ3n) is 3.77. The van der Waals surface area contributed by atoms with E-state index in [0.29, 0.717) is 39.8 Å². The van der Waals surface area contributed by atoms with Crippen molar-refractivity contribution >= 4 is 17.4 Å². The van der Waals surface area contributed by atoms with Crippen LogP contribution in [-0.4, -0.2) is 25.3 Å². The molecule has 2 aromatic carbocycles. The van der Waals surface area contributed by atoms with Crippen LogP contribution in [0.5, 0.6) is 23.0 Å². The monoisotopic (exact) mass is 327 g/mol. The number of carbonyl (C=O) groups is 2. The highest BCUT2D eigenvalue weighted by Crippen LogP contribution is 2.38. The lowest BCUT2D eigenvalue weighted by molar-refractivity contribution is 0.101. The molecule has 0 aliphatic carbocycles. The number of fused-ring (bicyclic) bond motifs is 2. The molecule has 0 saturated heterocycles. The van der Waals surface area contributed by atoms with E-state index in [1.165, 1.54) is 6.92 Å². The van der Waals surface area contributed by atoms with E-state index in [9.17, 15) is 9.59 Å². The van der Waals surface area contributed by atoms with Crippen molar-refractivity contribution in [3.05, 3.63) is 41.5 Å². The second-order valence-corrected chi connectivity index (χ2v) is 5.33. The molecule has 0 bridgehead atoms. The molecular formula is C17H13NO6. The fourth-order valence-electron chi connectivity index (χ4n) is 2.57. The number of hydrogen-bond acceptors (Lipinski definition) is 6. The van der Waals surface area contributed by atoms with E-state index in [0.717, 1.165) is 0 Å². The van der Waals surface area contributed by atoms with Gasteiger partial charge in [0.05, 0.1) is 5.69 Å². The number of ketones is 1. The van der Waals surface area contributed by atoms with E-state index in [1.807, 2.05) is 0 Å². The predicted octanol–water partition coefficient (Wildman–Crippen LogP) is 2.60. The van der Waals surface area contributed by atoms with Gasteiger partial charge in [0.25, 0.3) is 5.91 Å². The molecule has 0 unspecified atom stereocenters. The van der Waals surface area contributed by atoms with Crippen LogP contribution in [0.1, 0.15) is 27.6 Å². The summed E-state index contributed by atoms with van der Waals surface area (Å²) in [5.74, 6) is 1.53. The zero-order valence-corrected chi connectivity index (χ0v) is 12.8. The molecule has 2 aromatic rings. The van der Waals surface area contributed by atoms with Crippen molar-refractivity contribution in [3.8, 4) is 23.0 Å². The summed E-state index contributed by atoms with van der Waals surface area (Å²) in [6, 6.07) is 8.05. The minimum absolute atomic E-state index is 0.0895.